The summed E-state index contributed by atoms with van der Waals surface area (Å²) in [6, 6.07) is 5.40. The SMILES string of the molecule is Cc1cc(N)ccc1NC(=O)CCN(C)CCO. The van der Waals surface area contributed by atoms with E-state index >= 15 is 0 Å². The van der Waals surface area contributed by atoms with Crippen molar-refractivity contribution in [1.29, 1.82) is 0 Å². The number of anilines is 2. The third-order valence-electron chi connectivity index (χ3n) is 2.73. The smallest absolute Gasteiger partial charge is 0.225 e. The van der Waals surface area contributed by atoms with Gasteiger partial charge in [0.15, 0.2) is 0 Å². The predicted molar refractivity (Wildman–Crippen MR) is 73.4 cm³/mol. The zero-order chi connectivity index (χ0) is 13.5. The molecule has 0 aliphatic heterocycles. The lowest BCUT2D eigenvalue weighted by Gasteiger charge is -2.15. The average Bonchev–Trinajstić information content (AvgIpc) is 2.31. The summed E-state index contributed by atoms with van der Waals surface area (Å²) >= 11 is 0. The van der Waals surface area contributed by atoms with E-state index in [1.54, 1.807) is 12.1 Å². The lowest BCUT2D eigenvalue weighted by molar-refractivity contribution is -0.116. The van der Waals surface area contributed by atoms with Crippen molar-refractivity contribution in [3.05, 3.63) is 23.8 Å². The number of rotatable bonds is 6. The zero-order valence-corrected chi connectivity index (χ0v) is 10.9. The summed E-state index contributed by atoms with van der Waals surface area (Å²) in [7, 11) is 1.87. The Balaban J connectivity index is 2.44. The molecule has 1 aromatic rings. The summed E-state index contributed by atoms with van der Waals surface area (Å²) in [6.45, 7) is 3.22. The Morgan fingerprint density at radius 3 is 2.78 bits per heavy atom. The van der Waals surface area contributed by atoms with Gasteiger partial charge in [-0.15, -0.1) is 0 Å². The Bertz CT molecular complexity index is 407. The van der Waals surface area contributed by atoms with Crippen LogP contribution >= 0.6 is 0 Å². The van der Waals surface area contributed by atoms with Crippen molar-refractivity contribution in [3.63, 3.8) is 0 Å². The van der Waals surface area contributed by atoms with Crippen LogP contribution in [-0.4, -0.2) is 42.7 Å². The van der Waals surface area contributed by atoms with Gasteiger partial charge in [0, 0.05) is 30.9 Å². The van der Waals surface area contributed by atoms with Crippen LogP contribution in [0.2, 0.25) is 0 Å². The van der Waals surface area contributed by atoms with Gasteiger partial charge in [-0.3, -0.25) is 4.79 Å². The summed E-state index contributed by atoms with van der Waals surface area (Å²) in [5.74, 6) is -0.0346. The maximum atomic E-state index is 11.7. The molecule has 0 heterocycles. The maximum Gasteiger partial charge on any atom is 0.225 e. The van der Waals surface area contributed by atoms with Crippen molar-refractivity contribution in [3.8, 4) is 0 Å². The quantitative estimate of drug-likeness (QED) is 0.654. The summed E-state index contributed by atoms with van der Waals surface area (Å²) in [5.41, 5.74) is 8.08. The van der Waals surface area contributed by atoms with Gasteiger partial charge in [0.25, 0.3) is 0 Å². The second-order valence-corrected chi connectivity index (χ2v) is 4.40. The number of likely N-dealkylation sites (N-methyl/N-ethyl adjacent to an activating group) is 1. The third-order valence-corrected chi connectivity index (χ3v) is 2.73. The molecule has 1 aromatic carbocycles. The van der Waals surface area contributed by atoms with E-state index in [0.29, 0.717) is 25.2 Å². The van der Waals surface area contributed by atoms with E-state index < -0.39 is 0 Å². The van der Waals surface area contributed by atoms with Crippen LogP contribution in [0.3, 0.4) is 0 Å². The molecule has 1 amide bonds. The van der Waals surface area contributed by atoms with Crippen LogP contribution < -0.4 is 11.1 Å². The molecule has 100 valence electrons. The molecule has 0 fully saturated rings. The van der Waals surface area contributed by atoms with E-state index in [-0.39, 0.29) is 12.5 Å². The maximum absolute atomic E-state index is 11.7. The topological polar surface area (TPSA) is 78.6 Å². The fraction of sp³-hybridized carbons (Fsp3) is 0.462. The number of hydrogen-bond acceptors (Lipinski definition) is 4. The number of amides is 1. The molecule has 0 saturated heterocycles. The van der Waals surface area contributed by atoms with E-state index in [4.69, 9.17) is 10.8 Å². The van der Waals surface area contributed by atoms with Gasteiger partial charge >= 0.3 is 0 Å². The Labute approximate surface area is 108 Å². The molecule has 18 heavy (non-hydrogen) atoms. The van der Waals surface area contributed by atoms with Gasteiger partial charge < -0.3 is 21.1 Å². The number of aliphatic hydroxyl groups is 1. The lowest BCUT2D eigenvalue weighted by Crippen LogP contribution is -2.26. The van der Waals surface area contributed by atoms with Crippen molar-refractivity contribution < 1.29 is 9.90 Å². The second kappa shape index (κ2) is 6.98. The molecule has 0 spiro atoms. The molecular formula is C13H21N3O2. The second-order valence-electron chi connectivity index (χ2n) is 4.40. The van der Waals surface area contributed by atoms with Crippen LogP contribution in [0.5, 0.6) is 0 Å². The Morgan fingerprint density at radius 2 is 2.17 bits per heavy atom. The molecule has 0 aromatic heterocycles. The van der Waals surface area contributed by atoms with Crippen molar-refractivity contribution in [2.45, 2.75) is 13.3 Å². The highest BCUT2D eigenvalue weighted by Crippen LogP contribution is 2.17. The van der Waals surface area contributed by atoms with Gasteiger partial charge in [-0.25, -0.2) is 0 Å². The van der Waals surface area contributed by atoms with Crippen LogP contribution in [0.1, 0.15) is 12.0 Å². The molecule has 0 radical (unpaired) electrons. The van der Waals surface area contributed by atoms with Crippen LogP contribution in [0, 0.1) is 6.92 Å². The monoisotopic (exact) mass is 251 g/mol. The highest BCUT2D eigenvalue weighted by molar-refractivity contribution is 5.91. The van der Waals surface area contributed by atoms with E-state index in [2.05, 4.69) is 5.32 Å². The number of aliphatic hydroxyl groups excluding tert-OH is 1. The highest BCUT2D eigenvalue weighted by Gasteiger charge is 2.06. The normalized spacial score (nSPS) is 10.7. The van der Waals surface area contributed by atoms with Crippen LogP contribution in [-0.2, 0) is 4.79 Å². The summed E-state index contributed by atoms with van der Waals surface area (Å²) in [5, 5.41) is 11.6. The fourth-order valence-electron chi connectivity index (χ4n) is 1.61. The number of aryl methyl sites for hydroxylation is 1. The molecule has 0 aliphatic carbocycles. The Morgan fingerprint density at radius 1 is 1.44 bits per heavy atom. The average molecular weight is 251 g/mol. The van der Waals surface area contributed by atoms with Crippen LogP contribution in [0.4, 0.5) is 11.4 Å². The molecular weight excluding hydrogens is 230 g/mol. The number of carbonyl (C=O) groups excluding carboxylic acids is 1. The largest absolute Gasteiger partial charge is 0.399 e. The number of nitrogen functional groups attached to an aromatic ring is 1. The van der Waals surface area contributed by atoms with Crippen molar-refractivity contribution >= 4 is 17.3 Å². The molecule has 0 unspecified atom stereocenters. The number of hydrogen-bond donors (Lipinski definition) is 3. The Kier molecular flexibility index (Phi) is 5.61. The first kappa shape index (κ1) is 14.5. The molecule has 4 N–H and O–H groups in total. The standard InChI is InChI=1S/C13H21N3O2/c1-10-9-11(14)3-4-12(10)15-13(18)5-6-16(2)7-8-17/h3-4,9,17H,5-8,14H2,1-2H3,(H,15,18). The van der Waals surface area contributed by atoms with Gasteiger partial charge in [0.2, 0.25) is 5.91 Å². The number of carbonyl (C=O) groups is 1. The highest BCUT2D eigenvalue weighted by atomic mass is 16.3. The molecule has 5 heteroatoms. The molecule has 0 bridgehead atoms. The first-order valence-corrected chi connectivity index (χ1v) is 5.98. The number of nitrogens with zero attached hydrogens (tertiary/aromatic N) is 1. The minimum atomic E-state index is -0.0346. The minimum absolute atomic E-state index is 0.0346. The summed E-state index contributed by atoms with van der Waals surface area (Å²) in [6.07, 6.45) is 0.403. The molecule has 5 nitrogen and oxygen atoms in total. The van der Waals surface area contributed by atoms with E-state index in [1.807, 2.05) is 24.9 Å². The van der Waals surface area contributed by atoms with Gasteiger partial charge in [-0.1, -0.05) is 0 Å². The number of benzene rings is 1. The number of nitrogens with one attached hydrogen (secondary N) is 1. The lowest BCUT2D eigenvalue weighted by atomic mass is 10.2. The first-order chi connectivity index (χ1) is 8.52. The van der Waals surface area contributed by atoms with E-state index in [0.717, 1.165) is 11.3 Å². The third kappa shape index (κ3) is 4.73. The van der Waals surface area contributed by atoms with Crippen LogP contribution in [0.25, 0.3) is 0 Å². The Hall–Kier alpha value is -1.59. The van der Waals surface area contributed by atoms with Crippen molar-refractivity contribution in [1.82, 2.24) is 4.90 Å². The van der Waals surface area contributed by atoms with E-state index in [9.17, 15) is 4.79 Å². The summed E-state index contributed by atoms with van der Waals surface area (Å²) < 4.78 is 0. The molecule has 0 atom stereocenters. The van der Waals surface area contributed by atoms with E-state index in [1.165, 1.54) is 0 Å². The first-order valence-electron chi connectivity index (χ1n) is 5.98. The number of nitrogens with two attached hydrogens (primary N) is 1. The van der Waals surface area contributed by atoms with Gasteiger partial charge in [0.05, 0.1) is 6.61 Å². The van der Waals surface area contributed by atoms with Crippen molar-refractivity contribution in [2.24, 2.45) is 0 Å². The fourth-order valence-corrected chi connectivity index (χ4v) is 1.61. The zero-order valence-electron chi connectivity index (χ0n) is 10.9. The molecule has 0 saturated carbocycles. The van der Waals surface area contributed by atoms with Crippen LogP contribution in [0.15, 0.2) is 18.2 Å². The summed E-state index contributed by atoms with van der Waals surface area (Å²) in [4.78, 5) is 13.6. The van der Waals surface area contributed by atoms with Gasteiger partial charge in [0.1, 0.15) is 0 Å². The molecule has 1 rings (SSSR count). The minimum Gasteiger partial charge on any atom is -0.399 e. The predicted octanol–water partition coefficient (Wildman–Crippen LogP) is 0.830. The van der Waals surface area contributed by atoms with Gasteiger partial charge in [-0.2, -0.15) is 0 Å². The van der Waals surface area contributed by atoms with Gasteiger partial charge in [-0.05, 0) is 37.7 Å². The van der Waals surface area contributed by atoms with Crippen molar-refractivity contribution in [2.75, 3.05) is 37.8 Å². The molecule has 0 aliphatic rings.